The van der Waals surface area contributed by atoms with Crippen LogP contribution < -0.4 is 5.32 Å². The number of nitrogens with zero attached hydrogens (tertiary/aromatic N) is 2. The number of likely N-dealkylation sites (N-methyl/N-ethyl adjacent to an activating group) is 1. The summed E-state index contributed by atoms with van der Waals surface area (Å²) in [5, 5.41) is 3.01. The highest BCUT2D eigenvalue weighted by Gasteiger charge is 2.31. The van der Waals surface area contributed by atoms with Gasteiger partial charge < -0.3 is 5.32 Å². The Balaban J connectivity index is 1.96. The average molecular weight is 273 g/mol. The molecule has 1 aromatic rings. The Morgan fingerprint density at radius 1 is 1.47 bits per heavy atom. The third-order valence-corrected chi connectivity index (χ3v) is 3.51. The standard InChI is InChI=1S/C13H18F3N3/c1-2-19-7-3-4-11(19)9-18-12-8-10(5-6-17-12)13(14,15)16/h5-6,8,11H,2-4,7,9H2,1H3,(H,17,18). The first-order valence-corrected chi connectivity index (χ1v) is 6.52. The van der Waals surface area contributed by atoms with E-state index in [1.54, 1.807) is 0 Å². The first kappa shape index (κ1) is 14.1. The van der Waals surface area contributed by atoms with Gasteiger partial charge in [-0.05, 0) is 38.1 Å². The second-order valence-corrected chi connectivity index (χ2v) is 4.73. The third kappa shape index (κ3) is 3.59. The maximum atomic E-state index is 12.6. The van der Waals surface area contributed by atoms with E-state index in [4.69, 9.17) is 0 Å². The van der Waals surface area contributed by atoms with Crippen molar-refractivity contribution in [1.82, 2.24) is 9.88 Å². The van der Waals surface area contributed by atoms with E-state index < -0.39 is 11.7 Å². The Bertz CT molecular complexity index is 420. The molecule has 3 nitrogen and oxygen atoms in total. The van der Waals surface area contributed by atoms with Crippen molar-refractivity contribution in [1.29, 1.82) is 0 Å². The van der Waals surface area contributed by atoms with Crippen LogP contribution in [0.3, 0.4) is 0 Å². The predicted molar refractivity (Wildman–Crippen MR) is 68.0 cm³/mol. The van der Waals surface area contributed by atoms with Gasteiger partial charge in [0.15, 0.2) is 0 Å². The maximum Gasteiger partial charge on any atom is 0.416 e. The summed E-state index contributed by atoms with van der Waals surface area (Å²) in [6.45, 7) is 4.78. The number of hydrogen-bond acceptors (Lipinski definition) is 3. The summed E-state index contributed by atoms with van der Waals surface area (Å²) in [4.78, 5) is 6.27. The van der Waals surface area contributed by atoms with Crippen LogP contribution in [0, 0.1) is 0 Å². The molecule has 2 rings (SSSR count). The first-order valence-electron chi connectivity index (χ1n) is 6.52. The summed E-state index contributed by atoms with van der Waals surface area (Å²) < 4.78 is 37.7. The van der Waals surface area contributed by atoms with Crippen LogP contribution in [0.1, 0.15) is 25.3 Å². The van der Waals surface area contributed by atoms with Crippen LogP contribution in [-0.2, 0) is 6.18 Å². The molecular weight excluding hydrogens is 255 g/mol. The summed E-state index contributed by atoms with van der Waals surface area (Å²) in [6.07, 6.45) is -0.893. The van der Waals surface area contributed by atoms with Gasteiger partial charge in [-0.25, -0.2) is 4.98 Å². The molecule has 1 saturated heterocycles. The van der Waals surface area contributed by atoms with Crippen molar-refractivity contribution in [3.8, 4) is 0 Å². The summed E-state index contributed by atoms with van der Waals surface area (Å²) in [7, 11) is 0. The van der Waals surface area contributed by atoms with E-state index in [9.17, 15) is 13.2 Å². The number of anilines is 1. The van der Waals surface area contributed by atoms with Gasteiger partial charge in [0.25, 0.3) is 0 Å². The number of likely N-dealkylation sites (tertiary alicyclic amines) is 1. The van der Waals surface area contributed by atoms with Crippen molar-refractivity contribution in [2.75, 3.05) is 25.0 Å². The lowest BCUT2D eigenvalue weighted by atomic mass is 10.2. The summed E-state index contributed by atoms with van der Waals surface area (Å²) >= 11 is 0. The number of halogens is 3. The van der Waals surface area contributed by atoms with E-state index >= 15 is 0 Å². The van der Waals surface area contributed by atoms with Crippen LogP contribution in [0.5, 0.6) is 0 Å². The van der Waals surface area contributed by atoms with Crippen molar-refractivity contribution in [3.63, 3.8) is 0 Å². The van der Waals surface area contributed by atoms with E-state index in [0.29, 0.717) is 12.6 Å². The molecule has 0 amide bonds. The predicted octanol–water partition coefficient (Wildman–Crippen LogP) is 3.00. The zero-order valence-corrected chi connectivity index (χ0v) is 10.9. The minimum Gasteiger partial charge on any atom is -0.368 e. The minimum atomic E-state index is -4.32. The molecule has 0 aromatic carbocycles. The second kappa shape index (κ2) is 5.77. The number of alkyl halides is 3. The molecule has 2 heterocycles. The van der Waals surface area contributed by atoms with E-state index in [-0.39, 0.29) is 5.82 Å². The third-order valence-electron chi connectivity index (χ3n) is 3.51. The van der Waals surface area contributed by atoms with Crippen molar-refractivity contribution < 1.29 is 13.2 Å². The molecule has 1 N–H and O–H groups in total. The normalized spacial score (nSPS) is 20.7. The fourth-order valence-corrected chi connectivity index (χ4v) is 2.47. The van der Waals surface area contributed by atoms with Crippen molar-refractivity contribution >= 4 is 5.82 Å². The highest BCUT2D eigenvalue weighted by atomic mass is 19.4. The Labute approximate surface area is 110 Å². The van der Waals surface area contributed by atoms with Crippen LogP contribution in [-0.4, -0.2) is 35.6 Å². The molecule has 6 heteroatoms. The number of nitrogens with one attached hydrogen (secondary N) is 1. The quantitative estimate of drug-likeness (QED) is 0.914. The molecular formula is C13H18F3N3. The topological polar surface area (TPSA) is 28.2 Å². The SMILES string of the molecule is CCN1CCCC1CNc1cc(C(F)(F)F)ccn1. The van der Waals surface area contributed by atoms with Gasteiger partial charge in [-0.15, -0.1) is 0 Å². The lowest BCUT2D eigenvalue weighted by molar-refractivity contribution is -0.137. The highest BCUT2D eigenvalue weighted by molar-refractivity contribution is 5.38. The van der Waals surface area contributed by atoms with Gasteiger partial charge in [0.05, 0.1) is 5.56 Å². The summed E-state index contributed by atoms with van der Waals surface area (Å²) in [5.74, 6) is 0.290. The average Bonchev–Trinajstić information content (AvgIpc) is 2.83. The maximum absolute atomic E-state index is 12.6. The highest BCUT2D eigenvalue weighted by Crippen LogP contribution is 2.30. The van der Waals surface area contributed by atoms with Crippen LogP contribution in [0.15, 0.2) is 18.3 Å². The lowest BCUT2D eigenvalue weighted by Gasteiger charge is -2.23. The van der Waals surface area contributed by atoms with Crippen LogP contribution >= 0.6 is 0 Å². The van der Waals surface area contributed by atoms with Crippen molar-refractivity contribution in [2.24, 2.45) is 0 Å². The molecule has 106 valence electrons. The zero-order chi connectivity index (χ0) is 13.9. The molecule has 1 aliphatic heterocycles. The van der Waals surface area contributed by atoms with Crippen LogP contribution in [0.4, 0.5) is 19.0 Å². The number of aromatic nitrogens is 1. The first-order chi connectivity index (χ1) is 9.00. The molecule has 1 aromatic heterocycles. The molecule has 1 fully saturated rings. The molecule has 1 atom stereocenters. The van der Waals surface area contributed by atoms with E-state index in [0.717, 1.165) is 38.1 Å². The number of pyridine rings is 1. The smallest absolute Gasteiger partial charge is 0.368 e. The fourth-order valence-electron chi connectivity index (χ4n) is 2.47. The molecule has 0 bridgehead atoms. The van der Waals surface area contributed by atoms with Gasteiger partial charge in [0.2, 0.25) is 0 Å². The molecule has 0 saturated carbocycles. The van der Waals surface area contributed by atoms with Crippen LogP contribution in [0.2, 0.25) is 0 Å². The van der Waals surface area contributed by atoms with Gasteiger partial charge in [-0.2, -0.15) is 13.2 Å². The Hall–Kier alpha value is -1.30. The summed E-state index contributed by atoms with van der Waals surface area (Å²) in [5.41, 5.74) is -0.663. The molecule has 0 aliphatic carbocycles. The van der Waals surface area contributed by atoms with Crippen molar-refractivity contribution in [2.45, 2.75) is 32.0 Å². The molecule has 1 unspecified atom stereocenters. The summed E-state index contributed by atoms with van der Waals surface area (Å²) in [6, 6.07) is 2.44. The molecule has 19 heavy (non-hydrogen) atoms. The number of hydrogen-bond donors (Lipinski definition) is 1. The monoisotopic (exact) mass is 273 g/mol. The zero-order valence-electron chi connectivity index (χ0n) is 10.9. The molecule has 1 aliphatic rings. The molecule has 0 radical (unpaired) electrons. The fraction of sp³-hybridized carbons (Fsp3) is 0.615. The molecule has 0 spiro atoms. The minimum absolute atomic E-state index is 0.290. The van der Waals surface area contributed by atoms with Gasteiger partial charge in [0, 0.05) is 18.8 Å². The second-order valence-electron chi connectivity index (χ2n) is 4.73. The Morgan fingerprint density at radius 3 is 2.95 bits per heavy atom. The Kier molecular flexibility index (Phi) is 4.29. The van der Waals surface area contributed by atoms with E-state index in [1.165, 1.54) is 6.20 Å². The van der Waals surface area contributed by atoms with Gasteiger partial charge in [-0.3, -0.25) is 4.90 Å². The van der Waals surface area contributed by atoms with E-state index in [1.807, 2.05) is 0 Å². The van der Waals surface area contributed by atoms with Gasteiger partial charge >= 0.3 is 6.18 Å². The van der Waals surface area contributed by atoms with Gasteiger partial charge in [-0.1, -0.05) is 6.92 Å². The van der Waals surface area contributed by atoms with Gasteiger partial charge in [0.1, 0.15) is 5.82 Å². The van der Waals surface area contributed by atoms with E-state index in [2.05, 4.69) is 22.1 Å². The van der Waals surface area contributed by atoms with Crippen LogP contribution in [0.25, 0.3) is 0 Å². The largest absolute Gasteiger partial charge is 0.416 e. The number of rotatable bonds is 4. The Morgan fingerprint density at radius 2 is 2.26 bits per heavy atom. The lowest BCUT2D eigenvalue weighted by Crippen LogP contribution is -2.34. The van der Waals surface area contributed by atoms with Crippen molar-refractivity contribution in [3.05, 3.63) is 23.9 Å².